The van der Waals surface area contributed by atoms with Gasteiger partial charge in [-0.25, -0.2) is 13.2 Å². The largest absolute Gasteiger partial charge is 0.459 e. The Morgan fingerprint density at radius 3 is 2.58 bits per heavy atom. The van der Waals surface area contributed by atoms with Crippen molar-refractivity contribution in [2.45, 2.75) is 35.3 Å². The lowest BCUT2D eigenvalue weighted by Gasteiger charge is -2.23. The summed E-state index contributed by atoms with van der Waals surface area (Å²) in [6.45, 7) is 0.773. The monoisotopic (exact) mass is 502 g/mol. The van der Waals surface area contributed by atoms with Gasteiger partial charge in [-0.3, -0.25) is 4.79 Å². The maximum Gasteiger partial charge on any atom is 0.338 e. The SMILES string of the molecule is N#Cc1ccc(CN2C(=O)c3ccccc3S(=O)(=O)c3ccc(C(=O)OC[C@@H]4CCCO4)cc32)cc1. The fourth-order valence-electron chi connectivity index (χ4n) is 4.39. The third-order valence-electron chi connectivity index (χ3n) is 6.28. The van der Waals surface area contributed by atoms with Gasteiger partial charge in [0.05, 0.1) is 50.9 Å². The van der Waals surface area contributed by atoms with E-state index in [1.165, 1.54) is 35.2 Å². The Bertz CT molecular complexity index is 1490. The van der Waals surface area contributed by atoms with Crippen LogP contribution >= 0.6 is 0 Å². The Hall–Kier alpha value is -4.00. The third kappa shape index (κ3) is 4.37. The number of carbonyl (C=O) groups excluding carboxylic acids is 2. The molecule has 182 valence electrons. The number of carbonyl (C=O) groups is 2. The van der Waals surface area contributed by atoms with E-state index in [0.717, 1.165) is 12.8 Å². The molecule has 1 amide bonds. The summed E-state index contributed by atoms with van der Waals surface area (Å²) in [7, 11) is -4.05. The van der Waals surface area contributed by atoms with Gasteiger partial charge in [-0.05, 0) is 60.9 Å². The summed E-state index contributed by atoms with van der Waals surface area (Å²) in [5.74, 6) is -1.14. The van der Waals surface area contributed by atoms with Gasteiger partial charge >= 0.3 is 5.97 Å². The van der Waals surface area contributed by atoms with E-state index in [-0.39, 0.29) is 45.9 Å². The van der Waals surface area contributed by atoms with Gasteiger partial charge in [0, 0.05) is 6.61 Å². The Labute approximate surface area is 208 Å². The molecule has 0 aromatic heterocycles. The lowest BCUT2D eigenvalue weighted by atomic mass is 10.1. The summed E-state index contributed by atoms with van der Waals surface area (Å²) in [4.78, 5) is 27.7. The number of benzene rings is 3. The molecule has 0 unspecified atom stereocenters. The lowest BCUT2D eigenvalue weighted by molar-refractivity contribution is 0.0161. The van der Waals surface area contributed by atoms with Crippen LogP contribution < -0.4 is 4.90 Å². The van der Waals surface area contributed by atoms with E-state index in [1.807, 2.05) is 6.07 Å². The molecule has 0 saturated carbocycles. The van der Waals surface area contributed by atoms with Crippen LogP contribution in [-0.2, 0) is 25.9 Å². The molecular weight excluding hydrogens is 480 g/mol. The normalized spacial score (nSPS) is 18.0. The minimum Gasteiger partial charge on any atom is -0.459 e. The smallest absolute Gasteiger partial charge is 0.338 e. The van der Waals surface area contributed by atoms with Crippen LogP contribution in [0.3, 0.4) is 0 Å². The minimum absolute atomic E-state index is 0.0375. The van der Waals surface area contributed by atoms with E-state index < -0.39 is 21.7 Å². The molecular formula is C27H22N2O6S. The second-order valence-corrected chi connectivity index (χ2v) is 10.5. The predicted octanol–water partition coefficient (Wildman–Crippen LogP) is 3.89. The van der Waals surface area contributed by atoms with E-state index in [1.54, 1.807) is 36.4 Å². The Morgan fingerprint density at radius 2 is 1.86 bits per heavy atom. The Kier molecular flexibility index (Phi) is 6.31. The van der Waals surface area contributed by atoms with Crippen molar-refractivity contribution in [3.63, 3.8) is 0 Å². The van der Waals surface area contributed by atoms with Crippen molar-refractivity contribution in [1.29, 1.82) is 5.26 Å². The van der Waals surface area contributed by atoms with E-state index >= 15 is 0 Å². The third-order valence-corrected chi connectivity index (χ3v) is 8.13. The van der Waals surface area contributed by atoms with Crippen LogP contribution in [0.1, 0.15) is 44.7 Å². The molecule has 0 N–H and O–H groups in total. The summed E-state index contributed by atoms with van der Waals surface area (Å²) in [6, 6.07) is 18.9. The number of esters is 1. The standard InChI is InChI=1S/C27H22N2O6S/c28-15-18-7-9-19(10-8-18)16-29-23-14-20(27(31)35-17-21-4-3-13-34-21)11-12-25(23)36(32,33)24-6-2-1-5-22(24)26(29)30/h1-2,5-12,14,21H,3-4,13,16-17H2/t21-/m0/s1. The molecule has 8 nitrogen and oxygen atoms in total. The first kappa shape index (κ1) is 23.7. The zero-order chi connectivity index (χ0) is 25.3. The maximum atomic E-state index is 13.7. The average molecular weight is 503 g/mol. The lowest BCUT2D eigenvalue weighted by Crippen LogP contribution is -2.30. The molecule has 3 aromatic carbocycles. The van der Waals surface area contributed by atoms with Gasteiger partial charge in [-0.2, -0.15) is 5.26 Å². The summed E-state index contributed by atoms with van der Waals surface area (Å²) in [5, 5.41) is 9.09. The maximum absolute atomic E-state index is 13.7. The fraction of sp³-hybridized carbons (Fsp3) is 0.222. The molecule has 2 aliphatic rings. The van der Waals surface area contributed by atoms with E-state index in [2.05, 4.69) is 0 Å². The quantitative estimate of drug-likeness (QED) is 0.486. The number of hydrogen-bond acceptors (Lipinski definition) is 7. The van der Waals surface area contributed by atoms with Crippen molar-refractivity contribution in [2.75, 3.05) is 18.1 Å². The molecule has 36 heavy (non-hydrogen) atoms. The van der Waals surface area contributed by atoms with Crippen LogP contribution in [0.4, 0.5) is 5.69 Å². The van der Waals surface area contributed by atoms with Gasteiger partial charge in [0.1, 0.15) is 6.61 Å². The van der Waals surface area contributed by atoms with Crippen LogP contribution in [0.2, 0.25) is 0 Å². The van der Waals surface area contributed by atoms with Crippen LogP contribution in [0.25, 0.3) is 0 Å². The molecule has 1 saturated heterocycles. The van der Waals surface area contributed by atoms with Crippen molar-refractivity contribution in [1.82, 2.24) is 0 Å². The molecule has 0 aliphatic carbocycles. The second-order valence-electron chi connectivity index (χ2n) is 8.62. The van der Waals surface area contributed by atoms with Gasteiger partial charge in [-0.1, -0.05) is 24.3 Å². The van der Waals surface area contributed by atoms with Crippen LogP contribution in [0, 0.1) is 11.3 Å². The van der Waals surface area contributed by atoms with Gasteiger partial charge in [0.25, 0.3) is 5.91 Å². The molecule has 2 aliphatic heterocycles. The Morgan fingerprint density at radius 1 is 1.08 bits per heavy atom. The highest BCUT2D eigenvalue weighted by Crippen LogP contribution is 2.38. The first-order chi connectivity index (χ1) is 17.4. The summed E-state index contributed by atoms with van der Waals surface area (Å²) in [5.41, 5.74) is 1.42. The first-order valence-corrected chi connectivity index (χ1v) is 12.9. The van der Waals surface area contributed by atoms with E-state index in [0.29, 0.717) is 17.7 Å². The molecule has 9 heteroatoms. The van der Waals surface area contributed by atoms with Gasteiger partial charge in [0.2, 0.25) is 9.84 Å². The highest BCUT2D eigenvalue weighted by Gasteiger charge is 2.36. The fourth-order valence-corrected chi connectivity index (χ4v) is 6.02. The number of nitrogens with zero attached hydrogens (tertiary/aromatic N) is 2. The summed E-state index contributed by atoms with van der Waals surface area (Å²) < 4.78 is 38.1. The highest BCUT2D eigenvalue weighted by atomic mass is 32.2. The van der Waals surface area contributed by atoms with Crippen LogP contribution in [-0.4, -0.2) is 39.6 Å². The molecule has 0 bridgehead atoms. The predicted molar refractivity (Wildman–Crippen MR) is 129 cm³/mol. The number of rotatable bonds is 5. The number of fused-ring (bicyclic) bond motifs is 2. The van der Waals surface area contributed by atoms with E-state index in [9.17, 15) is 18.0 Å². The number of hydrogen-bond donors (Lipinski definition) is 0. The topological polar surface area (TPSA) is 114 Å². The second kappa shape index (κ2) is 9.57. The van der Waals surface area contributed by atoms with Gasteiger partial charge in [-0.15, -0.1) is 0 Å². The van der Waals surface area contributed by atoms with Crippen LogP contribution in [0.5, 0.6) is 0 Å². The zero-order valence-electron chi connectivity index (χ0n) is 19.2. The minimum atomic E-state index is -4.05. The number of amides is 1. The molecule has 1 atom stereocenters. The number of sulfone groups is 1. The summed E-state index contributed by atoms with van der Waals surface area (Å²) in [6.07, 6.45) is 1.56. The average Bonchev–Trinajstić information content (AvgIpc) is 3.42. The highest BCUT2D eigenvalue weighted by molar-refractivity contribution is 7.91. The summed E-state index contributed by atoms with van der Waals surface area (Å²) >= 11 is 0. The van der Waals surface area contributed by atoms with Gasteiger partial charge < -0.3 is 14.4 Å². The van der Waals surface area contributed by atoms with Crippen molar-refractivity contribution in [2.24, 2.45) is 0 Å². The van der Waals surface area contributed by atoms with E-state index in [4.69, 9.17) is 14.7 Å². The zero-order valence-corrected chi connectivity index (χ0v) is 20.0. The number of anilines is 1. The number of ether oxygens (including phenoxy) is 2. The molecule has 0 radical (unpaired) electrons. The van der Waals surface area contributed by atoms with Crippen LogP contribution in [0.15, 0.2) is 76.5 Å². The van der Waals surface area contributed by atoms with Crippen molar-refractivity contribution >= 4 is 27.4 Å². The van der Waals surface area contributed by atoms with Gasteiger partial charge in [0.15, 0.2) is 0 Å². The molecule has 5 rings (SSSR count). The number of nitriles is 1. The Balaban J connectivity index is 1.57. The van der Waals surface area contributed by atoms with Crippen molar-refractivity contribution in [3.8, 4) is 6.07 Å². The first-order valence-electron chi connectivity index (χ1n) is 11.5. The van der Waals surface area contributed by atoms with Crippen molar-refractivity contribution < 1.29 is 27.5 Å². The van der Waals surface area contributed by atoms with Crippen molar-refractivity contribution in [3.05, 3.63) is 89.0 Å². The molecule has 2 heterocycles. The molecule has 3 aromatic rings. The molecule has 0 spiro atoms. The molecule has 1 fully saturated rings.